The average molecular weight is 488 g/mol. The lowest BCUT2D eigenvalue weighted by Gasteiger charge is -2.25. The van der Waals surface area contributed by atoms with Crippen molar-refractivity contribution in [2.45, 2.75) is 42.5 Å². The molecule has 3 aromatic rings. The van der Waals surface area contributed by atoms with Gasteiger partial charge in [-0.05, 0) is 37.5 Å². The van der Waals surface area contributed by atoms with Gasteiger partial charge in [-0.15, -0.1) is 0 Å². The summed E-state index contributed by atoms with van der Waals surface area (Å²) in [6.07, 6.45) is 0.871. The van der Waals surface area contributed by atoms with Gasteiger partial charge in [-0.3, -0.25) is 0 Å². The molecule has 0 spiro atoms. The molecule has 33 heavy (non-hydrogen) atoms. The maximum atomic E-state index is 13.4. The maximum absolute atomic E-state index is 13.4. The molecule has 9 heteroatoms. The van der Waals surface area contributed by atoms with E-state index < -0.39 is 27.1 Å². The first-order valence-electron chi connectivity index (χ1n) is 10.7. The van der Waals surface area contributed by atoms with Crippen molar-refractivity contribution in [3.05, 3.63) is 76.9 Å². The minimum atomic E-state index is -3.76. The summed E-state index contributed by atoms with van der Waals surface area (Å²) in [5.74, 6) is 0.232. The lowest BCUT2D eigenvalue weighted by atomic mass is 10.1. The van der Waals surface area contributed by atoms with Gasteiger partial charge in [0.1, 0.15) is 11.9 Å². The summed E-state index contributed by atoms with van der Waals surface area (Å²) in [5.41, 5.74) is 1.96. The second-order valence-electron chi connectivity index (χ2n) is 8.13. The topological polar surface area (TPSA) is 81.5 Å². The Balaban J connectivity index is 1.65. The molecular weight excluding hydrogens is 462 g/mol. The van der Waals surface area contributed by atoms with E-state index in [1.54, 1.807) is 23.1 Å². The van der Waals surface area contributed by atoms with Gasteiger partial charge in [-0.2, -0.15) is 5.10 Å². The highest BCUT2D eigenvalue weighted by Gasteiger charge is 2.45. The average Bonchev–Trinajstić information content (AvgIpc) is 3.42. The van der Waals surface area contributed by atoms with Gasteiger partial charge in [-0.25, -0.2) is 17.9 Å². The van der Waals surface area contributed by atoms with Crippen LogP contribution in [-0.4, -0.2) is 49.1 Å². The Kier molecular flexibility index (Phi) is 6.76. The van der Waals surface area contributed by atoms with E-state index in [9.17, 15) is 13.2 Å². The fraction of sp³-hybridized carbons (Fsp3) is 0.333. The fourth-order valence-corrected chi connectivity index (χ4v) is 6.52. The smallest absolute Gasteiger partial charge is 0.328 e. The van der Waals surface area contributed by atoms with E-state index in [4.69, 9.17) is 16.3 Å². The highest BCUT2D eigenvalue weighted by atomic mass is 35.5. The Bertz CT molecular complexity index is 1240. The van der Waals surface area contributed by atoms with Crippen LogP contribution in [0.1, 0.15) is 17.7 Å². The van der Waals surface area contributed by atoms with Gasteiger partial charge in [0, 0.05) is 19.2 Å². The van der Waals surface area contributed by atoms with Gasteiger partial charge in [0.25, 0.3) is 0 Å². The van der Waals surface area contributed by atoms with Gasteiger partial charge >= 0.3 is 5.97 Å². The van der Waals surface area contributed by atoms with E-state index in [2.05, 4.69) is 17.2 Å². The Morgan fingerprint density at radius 3 is 2.55 bits per heavy atom. The number of carbonyl (C=O) groups excluding carboxylic acids is 1. The number of ether oxygens (including phenoxy) is 1. The van der Waals surface area contributed by atoms with Crippen molar-refractivity contribution in [3.63, 3.8) is 0 Å². The van der Waals surface area contributed by atoms with E-state index in [0.717, 1.165) is 12.1 Å². The van der Waals surface area contributed by atoms with Crippen LogP contribution in [0.3, 0.4) is 0 Å². The summed E-state index contributed by atoms with van der Waals surface area (Å²) in [6.45, 7) is 2.62. The van der Waals surface area contributed by atoms with Crippen LogP contribution >= 0.6 is 11.6 Å². The van der Waals surface area contributed by atoms with Crippen molar-refractivity contribution in [1.29, 1.82) is 0 Å². The summed E-state index contributed by atoms with van der Waals surface area (Å²) < 4.78 is 33.7. The Morgan fingerprint density at radius 2 is 1.85 bits per heavy atom. The number of benzene rings is 2. The normalized spacial score (nSPS) is 18.5. The minimum absolute atomic E-state index is 0.0795. The third-order valence-corrected chi connectivity index (χ3v) is 8.58. The molecule has 1 aliphatic rings. The van der Waals surface area contributed by atoms with Crippen LogP contribution in [0.25, 0.3) is 0 Å². The van der Waals surface area contributed by atoms with E-state index in [-0.39, 0.29) is 22.9 Å². The van der Waals surface area contributed by atoms with Crippen LogP contribution in [0, 0.1) is 6.92 Å². The lowest BCUT2D eigenvalue weighted by Crippen LogP contribution is -2.38. The number of carbonyl (C=O) groups is 1. The number of hydrogen-bond acceptors (Lipinski definition) is 6. The van der Waals surface area contributed by atoms with E-state index >= 15 is 0 Å². The molecule has 2 atom stereocenters. The van der Waals surface area contributed by atoms with Crippen LogP contribution in [0.15, 0.2) is 65.6 Å². The molecule has 0 saturated carbocycles. The summed E-state index contributed by atoms with van der Waals surface area (Å²) in [5, 5.41) is 3.97. The molecule has 0 radical (unpaired) electrons. The van der Waals surface area contributed by atoms with Crippen molar-refractivity contribution >= 4 is 33.2 Å². The first-order valence-corrected chi connectivity index (χ1v) is 12.6. The third kappa shape index (κ3) is 4.77. The zero-order chi connectivity index (χ0) is 23.6. The summed E-state index contributed by atoms with van der Waals surface area (Å²) in [6, 6.07) is 17.6. The molecule has 1 aliphatic heterocycles. The number of anilines is 1. The van der Waals surface area contributed by atoms with Crippen LogP contribution in [-0.2, 0) is 32.3 Å². The maximum Gasteiger partial charge on any atom is 0.328 e. The van der Waals surface area contributed by atoms with Crippen LogP contribution in [0.4, 0.5) is 5.82 Å². The Morgan fingerprint density at radius 1 is 1.15 bits per heavy atom. The number of esters is 1. The second-order valence-corrected chi connectivity index (χ2v) is 10.7. The van der Waals surface area contributed by atoms with Crippen molar-refractivity contribution in [2.75, 3.05) is 18.6 Å². The quantitative estimate of drug-likeness (QED) is 0.473. The molecule has 2 heterocycles. The molecule has 7 nitrogen and oxygen atoms in total. The lowest BCUT2D eigenvalue weighted by molar-refractivity contribution is -0.141. The van der Waals surface area contributed by atoms with Crippen LogP contribution < -0.4 is 4.90 Å². The number of hydrogen-bond donors (Lipinski definition) is 0. The van der Waals surface area contributed by atoms with Crippen molar-refractivity contribution in [2.24, 2.45) is 0 Å². The number of halogens is 1. The molecule has 1 fully saturated rings. The monoisotopic (exact) mass is 487 g/mol. The molecule has 1 saturated heterocycles. The Labute approximate surface area is 198 Å². The zero-order valence-corrected chi connectivity index (χ0v) is 20.1. The van der Waals surface area contributed by atoms with Gasteiger partial charge < -0.3 is 9.64 Å². The Hall–Kier alpha value is -2.84. The van der Waals surface area contributed by atoms with Crippen LogP contribution in [0.2, 0.25) is 5.02 Å². The first kappa shape index (κ1) is 23.3. The largest absolute Gasteiger partial charge is 0.467 e. The zero-order valence-electron chi connectivity index (χ0n) is 18.5. The molecule has 0 bridgehead atoms. The minimum Gasteiger partial charge on any atom is -0.467 e. The number of rotatable bonds is 7. The molecule has 1 unspecified atom stereocenters. The van der Waals surface area contributed by atoms with Gasteiger partial charge in [0.15, 0.2) is 9.84 Å². The van der Waals surface area contributed by atoms with Gasteiger partial charge in [-0.1, -0.05) is 54.1 Å². The summed E-state index contributed by atoms with van der Waals surface area (Å²) >= 11 is 6.20. The molecular formula is C24H26ClN3O4S. The summed E-state index contributed by atoms with van der Waals surface area (Å²) in [7, 11) is -2.44. The first-order chi connectivity index (χ1) is 15.8. The molecule has 0 N–H and O–H groups in total. The molecule has 1 aromatic heterocycles. The van der Waals surface area contributed by atoms with E-state index in [1.165, 1.54) is 18.7 Å². The number of aromatic nitrogens is 2. The third-order valence-electron chi connectivity index (χ3n) is 5.95. The highest BCUT2D eigenvalue weighted by Crippen LogP contribution is 2.35. The van der Waals surface area contributed by atoms with E-state index in [0.29, 0.717) is 12.4 Å². The predicted octanol–water partition coefficient (Wildman–Crippen LogP) is 3.68. The summed E-state index contributed by atoms with van der Waals surface area (Å²) in [4.78, 5) is 14.5. The second kappa shape index (κ2) is 9.57. The van der Waals surface area contributed by atoms with Crippen molar-refractivity contribution in [1.82, 2.24) is 9.78 Å². The number of methoxy groups -OCH3 is 1. The molecule has 0 amide bonds. The fourth-order valence-electron chi connectivity index (χ4n) is 4.30. The highest BCUT2D eigenvalue weighted by molar-refractivity contribution is 7.92. The number of aryl methyl sites for hydroxylation is 3. The molecule has 174 valence electrons. The SMILES string of the molecule is COC(=O)C1C[C@@H](S(=O)(=O)c2ccccc2Cl)CN1c1cc(C)nn1CCc1ccccc1. The number of nitrogens with zero attached hydrogens (tertiary/aromatic N) is 3. The van der Waals surface area contributed by atoms with Crippen molar-refractivity contribution < 1.29 is 17.9 Å². The number of sulfone groups is 1. The molecule has 4 rings (SSSR count). The van der Waals surface area contributed by atoms with Crippen LogP contribution in [0.5, 0.6) is 0 Å². The predicted molar refractivity (Wildman–Crippen MR) is 127 cm³/mol. The van der Waals surface area contributed by atoms with Crippen molar-refractivity contribution in [3.8, 4) is 0 Å². The van der Waals surface area contributed by atoms with Gasteiger partial charge in [0.05, 0.1) is 28.0 Å². The standard InChI is InChI=1S/C24H26ClN3O4S/c1-17-14-23(28(26-17)13-12-18-8-4-3-5-9-18)27-16-19(15-21(27)24(29)32-2)33(30,31)22-11-7-6-10-20(22)25/h3-11,14,19,21H,12-13,15-16H2,1-2H3/t19-,21?/m1/s1. The molecule has 2 aromatic carbocycles. The molecule has 0 aliphatic carbocycles. The van der Waals surface area contributed by atoms with Gasteiger partial charge in [0.2, 0.25) is 0 Å². The van der Waals surface area contributed by atoms with E-state index in [1.807, 2.05) is 35.9 Å².